The quantitative estimate of drug-likeness (QED) is 0.475. The Labute approximate surface area is 149 Å². The molecule has 2 aromatic carbocycles. The second kappa shape index (κ2) is 9.11. The summed E-state index contributed by atoms with van der Waals surface area (Å²) in [6, 6.07) is 12.4. The molecule has 4 nitrogen and oxygen atoms in total. The molecule has 0 aliphatic heterocycles. The SMILES string of the molecule is CCCCCCC(C)Oc1ccc(-c2ccc(C(=O)O)cc2)c(N)c1. The first-order valence-corrected chi connectivity index (χ1v) is 8.91. The molecular weight excluding hydrogens is 314 g/mol. The number of carbonyl (C=O) groups is 1. The highest BCUT2D eigenvalue weighted by Gasteiger charge is 2.09. The summed E-state index contributed by atoms with van der Waals surface area (Å²) in [5.41, 5.74) is 8.82. The van der Waals surface area contributed by atoms with Gasteiger partial charge in [0.15, 0.2) is 0 Å². The Balaban J connectivity index is 2.01. The largest absolute Gasteiger partial charge is 0.491 e. The van der Waals surface area contributed by atoms with E-state index in [-0.39, 0.29) is 11.7 Å². The summed E-state index contributed by atoms with van der Waals surface area (Å²) in [7, 11) is 0. The Kier molecular flexibility index (Phi) is 6.87. The van der Waals surface area contributed by atoms with Crippen molar-refractivity contribution in [1.29, 1.82) is 0 Å². The number of carboxylic acids is 1. The van der Waals surface area contributed by atoms with Crippen LogP contribution in [-0.4, -0.2) is 17.2 Å². The zero-order valence-corrected chi connectivity index (χ0v) is 15.0. The maximum Gasteiger partial charge on any atom is 0.335 e. The average molecular weight is 341 g/mol. The summed E-state index contributed by atoms with van der Waals surface area (Å²) >= 11 is 0. The number of nitrogen functional groups attached to an aromatic ring is 1. The second-order valence-electron chi connectivity index (χ2n) is 6.41. The lowest BCUT2D eigenvalue weighted by Crippen LogP contribution is -2.11. The first-order valence-electron chi connectivity index (χ1n) is 8.91. The third kappa shape index (κ3) is 5.52. The van der Waals surface area contributed by atoms with Gasteiger partial charge in [0, 0.05) is 17.3 Å². The third-order valence-electron chi connectivity index (χ3n) is 4.27. The van der Waals surface area contributed by atoms with Gasteiger partial charge >= 0.3 is 5.97 Å². The first-order chi connectivity index (χ1) is 12.0. The zero-order valence-electron chi connectivity index (χ0n) is 15.0. The molecule has 0 aliphatic rings. The van der Waals surface area contributed by atoms with E-state index in [2.05, 4.69) is 13.8 Å². The fourth-order valence-electron chi connectivity index (χ4n) is 2.82. The molecule has 0 heterocycles. The van der Waals surface area contributed by atoms with E-state index < -0.39 is 5.97 Å². The third-order valence-corrected chi connectivity index (χ3v) is 4.27. The normalized spacial score (nSPS) is 11.9. The van der Waals surface area contributed by atoms with Crippen molar-refractivity contribution in [2.75, 3.05) is 5.73 Å². The number of rotatable bonds is 9. The molecule has 0 saturated heterocycles. The van der Waals surface area contributed by atoms with Crippen LogP contribution < -0.4 is 10.5 Å². The minimum absolute atomic E-state index is 0.164. The highest BCUT2D eigenvalue weighted by atomic mass is 16.5. The first kappa shape index (κ1) is 18.8. The minimum atomic E-state index is -0.934. The maximum absolute atomic E-state index is 10.9. The Bertz CT molecular complexity index is 695. The molecule has 2 rings (SSSR count). The van der Waals surface area contributed by atoms with Crippen molar-refractivity contribution in [1.82, 2.24) is 0 Å². The van der Waals surface area contributed by atoms with Crippen LogP contribution in [0.1, 0.15) is 56.3 Å². The Morgan fingerprint density at radius 1 is 1.12 bits per heavy atom. The van der Waals surface area contributed by atoms with E-state index in [1.54, 1.807) is 24.3 Å². The van der Waals surface area contributed by atoms with Gasteiger partial charge in [-0.15, -0.1) is 0 Å². The molecule has 0 saturated carbocycles. The van der Waals surface area contributed by atoms with Crippen molar-refractivity contribution < 1.29 is 14.6 Å². The van der Waals surface area contributed by atoms with Gasteiger partial charge in [0.05, 0.1) is 11.7 Å². The molecule has 134 valence electrons. The van der Waals surface area contributed by atoms with Crippen LogP contribution in [0, 0.1) is 0 Å². The van der Waals surface area contributed by atoms with Crippen molar-refractivity contribution in [3.8, 4) is 16.9 Å². The number of ether oxygens (including phenoxy) is 1. The lowest BCUT2D eigenvalue weighted by molar-refractivity contribution is 0.0697. The summed E-state index contributed by atoms with van der Waals surface area (Å²) in [5, 5.41) is 8.97. The van der Waals surface area contributed by atoms with Crippen LogP contribution in [0.3, 0.4) is 0 Å². The van der Waals surface area contributed by atoms with Gasteiger partial charge in [-0.1, -0.05) is 38.3 Å². The molecule has 0 bridgehead atoms. The van der Waals surface area contributed by atoms with E-state index in [1.165, 1.54) is 25.7 Å². The highest BCUT2D eigenvalue weighted by Crippen LogP contribution is 2.30. The van der Waals surface area contributed by atoms with Gasteiger partial charge in [0.2, 0.25) is 0 Å². The van der Waals surface area contributed by atoms with E-state index in [0.29, 0.717) is 5.69 Å². The van der Waals surface area contributed by atoms with Gasteiger partial charge in [0.1, 0.15) is 5.75 Å². The van der Waals surface area contributed by atoms with Gasteiger partial charge in [0.25, 0.3) is 0 Å². The summed E-state index contributed by atoms with van der Waals surface area (Å²) in [4.78, 5) is 10.9. The maximum atomic E-state index is 10.9. The standard InChI is InChI=1S/C21H27NO3/c1-3-4-5-6-7-15(2)25-18-12-13-19(20(22)14-18)16-8-10-17(11-9-16)21(23)24/h8-15H,3-7,22H2,1-2H3,(H,23,24). The molecule has 3 N–H and O–H groups in total. The van der Waals surface area contributed by atoms with Crippen LogP contribution in [-0.2, 0) is 0 Å². The molecule has 0 aliphatic carbocycles. The van der Waals surface area contributed by atoms with E-state index in [0.717, 1.165) is 23.3 Å². The molecule has 4 heteroatoms. The van der Waals surface area contributed by atoms with Crippen molar-refractivity contribution in [3.05, 3.63) is 48.0 Å². The molecule has 25 heavy (non-hydrogen) atoms. The summed E-state index contributed by atoms with van der Waals surface area (Å²) < 4.78 is 5.96. The summed E-state index contributed by atoms with van der Waals surface area (Å²) in [6.07, 6.45) is 6.14. The van der Waals surface area contributed by atoms with Crippen molar-refractivity contribution in [2.24, 2.45) is 0 Å². The van der Waals surface area contributed by atoms with Gasteiger partial charge in [-0.25, -0.2) is 4.79 Å². The van der Waals surface area contributed by atoms with Gasteiger partial charge in [-0.05, 0) is 49.6 Å². The highest BCUT2D eigenvalue weighted by molar-refractivity contribution is 5.89. The monoisotopic (exact) mass is 341 g/mol. The van der Waals surface area contributed by atoms with Crippen LogP contribution >= 0.6 is 0 Å². The van der Waals surface area contributed by atoms with Crippen LogP contribution in [0.4, 0.5) is 5.69 Å². The molecular formula is C21H27NO3. The number of unbranched alkanes of at least 4 members (excludes halogenated alkanes) is 3. The zero-order chi connectivity index (χ0) is 18.2. The Morgan fingerprint density at radius 3 is 2.44 bits per heavy atom. The molecule has 0 aromatic heterocycles. The van der Waals surface area contributed by atoms with Crippen molar-refractivity contribution in [3.63, 3.8) is 0 Å². The number of anilines is 1. The molecule has 0 fully saturated rings. The van der Waals surface area contributed by atoms with Gasteiger partial charge < -0.3 is 15.6 Å². The van der Waals surface area contributed by atoms with E-state index in [1.807, 2.05) is 18.2 Å². The summed E-state index contributed by atoms with van der Waals surface area (Å²) in [6.45, 7) is 4.29. The molecule has 0 radical (unpaired) electrons. The molecule has 0 amide bonds. The van der Waals surface area contributed by atoms with Crippen molar-refractivity contribution in [2.45, 2.75) is 52.1 Å². The molecule has 1 atom stereocenters. The lowest BCUT2D eigenvalue weighted by atomic mass is 10.0. The topological polar surface area (TPSA) is 72.5 Å². The van der Waals surface area contributed by atoms with E-state index >= 15 is 0 Å². The minimum Gasteiger partial charge on any atom is -0.491 e. The number of hydrogen-bond donors (Lipinski definition) is 2. The predicted molar refractivity (Wildman–Crippen MR) is 102 cm³/mol. The summed E-state index contributed by atoms with van der Waals surface area (Å²) in [5.74, 6) is -0.164. The smallest absolute Gasteiger partial charge is 0.335 e. The average Bonchev–Trinajstić information content (AvgIpc) is 2.59. The number of hydrogen-bond acceptors (Lipinski definition) is 3. The Morgan fingerprint density at radius 2 is 1.84 bits per heavy atom. The van der Waals surface area contributed by atoms with Crippen molar-refractivity contribution >= 4 is 11.7 Å². The van der Waals surface area contributed by atoms with Crippen LogP contribution in [0.15, 0.2) is 42.5 Å². The second-order valence-corrected chi connectivity index (χ2v) is 6.41. The Hall–Kier alpha value is -2.49. The fraction of sp³-hybridized carbons (Fsp3) is 0.381. The lowest BCUT2D eigenvalue weighted by Gasteiger charge is -2.16. The fourth-order valence-corrected chi connectivity index (χ4v) is 2.82. The number of aromatic carboxylic acids is 1. The molecule has 2 aromatic rings. The molecule has 0 spiro atoms. The number of benzene rings is 2. The van der Waals surface area contributed by atoms with Gasteiger partial charge in [-0.3, -0.25) is 0 Å². The number of carboxylic acid groups (broad SMARTS) is 1. The van der Waals surface area contributed by atoms with E-state index in [4.69, 9.17) is 15.6 Å². The van der Waals surface area contributed by atoms with E-state index in [9.17, 15) is 4.79 Å². The van der Waals surface area contributed by atoms with Crippen LogP contribution in [0.25, 0.3) is 11.1 Å². The van der Waals surface area contributed by atoms with Crippen LogP contribution in [0.5, 0.6) is 5.75 Å². The number of nitrogens with two attached hydrogens (primary N) is 1. The van der Waals surface area contributed by atoms with Crippen LogP contribution in [0.2, 0.25) is 0 Å². The van der Waals surface area contributed by atoms with Gasteiger partial charge in [-0.2, -0.15) is 0 Å². The molecule has 1 unspecified atom stereocenters. The predicted octanol–water partition coefficient (Wildman–Crippen LogP) is 5.37.